The summed E-state index contributed by atoms with van der Waals surface area (Å²) in [7, 11) is 0. The Hall–Kier alpha value is -2.00. The van der Waals surface area contributed by atoms with Crippen LogP contribution in [-0.2, 0) is 13.1 Å². The number of aryl methyl sites for hydroxylation is 1. The molecule has 1 N–H and O–H groups in total. The van der Waals surface area contributed by atoms with Crippen molar-refractivity contribution in [2.45, 2.75) is 26.4 Å². The number of anilines is 1. The standard InChI is InChI=1S/C17H18ClN3/c1-2-7-21-8-5-13(12-21)11-20-16-10-15(18)9-14-4-3-6-19-17(14)16/h3-6,8-10,12,20H,2,7,11H2,1H3. The Morgan fingerprint density at radius 2 is 2.19 bits per heavy atom. The Morgan fingerprint density at radius 3 is 3.05 bits per heavy atom. The molecule has 3 rings (SSSR count). The van der Waals surface area contributed by atoms with E-state index in [9.17, 15) is 0 Å². The Labute approximate surface area is 129 Å². The third kappa shape index (κ3) is 3.19. The maximum Gasteiger partial charge on any atom is 0.0934 e. The summed E-state index contributed by atoms with van der Waals surface area (Å²) >= 11 is 6.18. The smallest absolute Gasteiger partial charge is 0.0934 e. The summed E-state index contributed by atoms with van der Waals surface area (Å²) in [5.74, 6) is 0. The normalized spacial score (nSPS) is 11.0. The van der Waals surface area contributed by atoms with E-state index < -0.39 is 0 Å². The van der Waals surface area contributed by atoms with Gasteiger partial charge in [-0.05, 0) is 36.2 Å². The summed E-state index contributed by atoms with van der Waals surface area (Å²) < 4.78 is 2.21. The SMILES string of the molecule is CCCn1ccc(CNc2cc(Cl)cc3cccnc23)c1. The van der Waals surface area contributed by atoms with Crippen molar-refractivity contribution in [1.29, 1.82) is 0 Å². The molecule has 3 nitrogen and oxygen atoms in total. The molecule has 1 aromatic carbocycles. The zero-order valence-electron chi connectivity index (χ0n) is 12.0. The number of benzene rings is 1. The molecule has 0 aliphatic rings. The molecule has 0 saturated heterocycles. The van der Waals surface area contributed by atoms with E-state index in [2.05, 4.69) is 40.3 Å². The summed E-state index contributed by atoms with van der Waals surface area (Å²) in [6.45, 7) is 4.01. The lowest BCUT2D eigenvalue weighted by Crippen LogP contribution is -2.00. The van der Waals surface area contributed by atoms with E-state index in [1.807, 2.05) is 24.3 Å². The van der Waals surface area contributed by atoms with Gasteiger partial charge in [-0.25, -0.2) is 0 Å². The maximum atomic E-state index is 6.18. The van der Waals surface area contributed by atoms with Crippen molar-refractivity contribution in [2.75, 3.05) is 5.32 Å². The van der Waals surface area contributed by atoms with Crippen LogP contribution in [0.4, 0.5) is 5.69 Å². The Morgan fingerprint density at radius 1 is 1.29 bits per heavy atom. The summed E-state index contributed by atoms with van der Waals surface area (Å²) in [6, 6.07) is 9.96. The Balaban J connectivity index is 1.81. The number of pyridine rings is 1. The largest absolute Gasteiger partial charge is 0.379 e. The van der Waals surface area contributed by atoms with Gasteiger partial charge in [0.2, 0.25) is 0 Å². The summed E-state index contributed by atoms with van der Waals surface area (Å²) in [5, 5.41) is 5.22. The quantitative estimate of drug-likeness (QED) is 0.739. The molecule has 108 valence electrons. The highest BCUT2D eigenvalue weighted by atomic mass is 35.5. The van der Waals surface area contributed by atoms with E-state index in [0.29, 0.717) is 0 Å². The minimum absolute atomic E-state index is 0.724. The molecule has 3 aromatic rings. The molecule has 0 unspecified atom stereocenters. The second kappa shape index (κ2) is 6.19. The van der Waals surface area contributed by atoms with Crippen LogP contribution in [0.25, 0.3) is 10.9 Å². The lowest BCUT2D eigenvalue weighted by molar-refractivity contribution is 0.682. The van der Waals surface area contributed by atoms with Crippen molar-refractivity contribution in [3.05, 3.63) is 59.5 Å². The van der Waals surface area contributed by atoms with Gasteiger partial charge in [-0.1, -0.05) is 24.6 Å². The summed E-state index contributed by atoms with van der Waals surface area (Å²) in [6.07, 6.45) is 7.25. The zero-order chi connectivity index (χ0) is 14.7. The molecule has 4 heteroatoms. The van der Waals surface area contributed by atoms with Gasteiger partial charge in [0.25, 0.3) is 0 Å². The fourth-order valence-corrected chi connectivity index (χ4v) is 2.71. The number of halogens is 1. The predicted molar refractivity (Wildman–Crippen MR) is 88.8 cm³/mol. The fourth-order valence-electron chi connectivity index (χ4n) is 2.48. The van der Waals surface area contributed by atoms with Crippen molar-refractivity contribution in [1.82, 2.24) is 9.55 Å². The molecular weight excluding hydrogens is 282 g/mol. The Bertz CT molecular complexity index is 749. The van der Waals surface area contributed by atoms with E-state index in [4.69, 9.17) is 11.6 Å². The number of fused-ring (bicyclic) bond motifs is 1. The lowest BCUT2D eigenvalue weighted by Gasteiger charge is -2.09. The maximum absolute atomic E-state index is 6.18. The van der Waals surface area contributed by atoms with E-state index in [-0.39, 0.29) is 0 Å². The lowest BCUT2D eigenvalue weighted by atomic mass is 10.2. The number of nitrogens with zero attached hydrogens (tertiary/aromatic N) is 2. The minimum Gasteiger partial charge on any atom is -0.379 e. The molecule has 0 fully saturated rings. The van der Waals surface area contributed by atoms with Gasteiger partial charge in [-0.15, -0.1) is 0 Å². The van der Waals surface area contributed by atoms with Crippen molar-refractivity contribution in [3.63, 3.8) is 0 Å². The molecule has 0 aliphatic heterocycles. The van der Waals surface area contributed by atoms with E-state index in [1.54, 1.807) is 6.20 Å². The molecule has 0 aliphatic carbocycles. The minimum atomic E-state index is 0.724. The van der Waals surface area contributed by atoms with Crippen LogP contribution in [-0.4, -0.2) is 9.55 Å². The Kier molecular flexibility index (Phi) is 4.11. The monoisotopic (exact) mass is 299 g/mol. The van der Waals surface area contributed by atoms with Gasteiger partial charge in [0.15, 0.2) is 0 Å². The van der Waals surface area contributed by atoms with Gasteiger partial charge in [0.05, 0.1) is 11.2 Å². The first-order valence-electron chi connectivity index (χ1n) is 7.19. The number of hydrogen-bond acceptors (Lipinski definition) is 2. The van der Waals surface area contributed by atoms with Crippen LogP contribution in [0, 0.1) is 0 Å². The molecule has 0 bridgehead atoms. The van der Waals surface area contributed by atoms with Crippen LogP contribution in [0.5, 0.6) is 0 Å². The van der Waals surface area contributed by atoms with Crippen LogP contribution in [0.1, 0.15) is 18.9 Å². The van der Waals surface area contributed by atoms with Gasteiger partial charge >= 0.3 is 0 Å². The summed E-state index contributed by atoms with van der Waals surface area (Å²) in [4.78, 5) is 4.44. The molecule has 2 aromatic heterocycles. The van der Waals surface area contributed by atoms with E-state index >= 15 is 0 Å². The first-order chi connectivity index (χ1) is 10.3. The van der Waals surface area contributed by atoms with Crippen molar-refractivity contribution in [2.24, 2.45) is 0 Å². The molecule has 0 radical (unpaired) electrons. The molecule has 2 heterocycles. The van der Waals surface area contributed by atoms with E-state index in [1.165, 1.54) is 5.56 Å². The molecule has 0 amide bonds. The zero-order valence-corrected chi connectivity index (χ0v) is 12.8. The number of aromatic nitrogens is 2. The first kappa shape index (κ1) is 14.0. The number of rotatable bonds is 5. The second-order valence-corrected chi connectivity index (χ2v) is 5.58. The molecule has 21 heavy (non-hydrogen) atoms. The highest BCUT2D eigenvalue weighted by Gasteiger charge is 2.05. The fraction of sp³-hybridized carbons (Fsp3) is 0.235. The first-order valence-corrected chi connectivity index (χ1v) is 7.57. The third-order valence-electron chi connectivity index (χ3n) is 3.45. The van der Waals surface area contributed by atoms with Gasteiger partial charge in [-0.2, -0.15) is 0 Å². The van der Waals surface area contributed by atoms with Gasteiger partial charge in [0, 0.05) is 42.1 Å². The third-order valence-corrected chi connectivity index (χ3v) is 3.66. The van der Waals surface area contributed by atoms with Crippen LogP contribution < -0.4 is 5.32 Å². The van der Waals surface area contributed by atoms with Crippen molar-refractivity contribution in [3.8, 4) is 0 Å². The number of nitrogens with one attached hydrogen (secondary N) is 1. The molecule has 0 saturated carbocycles. The number of hydrogen-bond donors (Lipinski definition) is 1. The van der Waals surface area contributed by atoms with Gasteiger partial charge in [-0.3, -0.25) is 4.98 Å². The second-order valence-electron chi connectivity index (χ2n) is 5.14. The van der Waals surface area contributed by atoms with Crippen molar-refractivity contribution < 1.29 is 0 Å². The molecule has 0 atom stereocenters. The van der Waals surface area contributed by atoms with Gasteiger partial charge in [0.1, 0.15) is 0 Å². The van der Waals surface area contributed by atoms with Crippen LogP contribution in [0.2, 0.25) is 5.02 Å². The highest BCUT2D eigenvalue weighted by Crippen LogP contribution is 2.26. The molecule has 0 spiro atoms. The average Bonchev–Trinajstić information content (AvgIpc) is 2.93. The average molecular weight is 300 g/mol. The van der Waals surface area contributed by atoms with Crippen LogP contribution >= 0.6 is 11.6 Å². The highest BCUT2D eigenvalue weighted by molar-refractivity contribution is 6.31. The van der Waals surface area contributed by atoms with Crippen LogP contribution in [0.15, 0.2) is 48.9 Å². The topological polar surface area (TPSA) is 29.9 Å². The van der Waals surface area contributed by atoms with Crippen LogP contribution in [0.3, 0.4) is 0 Å². The van der Waals surface area contributed by atoms with E-state index in [0.717, 1.165) is 41.1 Å². The summed E-state index contributed by atoms with van der Waals surface area (Å²) in [5.41, 5.74) is 3.18. The predicted octanol–water partition coefficient (Wildman–Crippen LogP) is 4.71. The van der Waals surface area contributed by atoms with Crippen molar-refractivity contribution >= 4 is 28.2 Å². The molecular formula is C17H18ClN3. The van der Waals surface area contributed by atoms with Gasteiger partial charge < -0.3 is 9.88 Å².